The summed E-state index contributed by atoms with van der Waals surface area (Å²) in [5.74, 6) is -0.286. The van der Waals surface area contributed by atoms with Gasteiger partial charge in [0, 0.05) is 13.1 Å². The number of nitrogens with zero attached hydrogens (tertiary/aromatic N) is 1. The average Bonchev–Trinajstić information content (AvgIpc) is 2.36. The normalized spacial score (nSPS) is 23.1. The van der Waals surface area contributed by atoms with Gasteiger partial charge in [0.15, 0.2) is 0 Å². The van der Waals surface area contributed by atoms with Crippen LogP contribution in [-0.2, 0) is 14.3 Å². The highest BCUT2D eigenvalue weighted by Crippen LogP contribution is 2.35. The summed E-state index contributed by atoms with van der Waals surface area (Å²) < 4.78 is 10.3. The van der Waals surface area contributed by atoms with E-state index in [1.165, 1.54) is 7.11 Å². The van der Waals surface area contributed by atoms with Crippen molar-refractivity contribution in [3.63, 3.8) is 0 Å². The molecule has 1 aliphatic heterocycles. The van der Waals surface area contributed by atoms with E-state index in [0.29, 0.717) is 25.9 Å². The van der Waals surface area contributed by atoms with Crippen LogP contribution < -0.4 is 0 Å². The molecule has 1 aliphatic rings. The van der Waals surface area contributed by atoms with Crippen molar-refractivity contribution >= 4 is 12.1 Å². The third kappa shape index (κ3) is 3.99. The summed E-state index contributed by atoms with van der Waals surface area (Å²) in [7, 11) is 1.37. The summed E-state index contributed by atoms with van der Waals surface area (Å²) in [6.07, 6.45) is 3.27. The average molecular weight is 283 g/mol. The molecular weight excluding hydrogens is 258 g/mol. The summed E-state index contributed by atoms with van der Waals surface area (Å²) in [5.41, 5.74) is -1.23. The van der Waals surface area contributed by atoms with Crippen molar-refractivity contribution in [1.82, 2.24) is 4.90 Å². The number of allylic oxidation sites excluding steroid dienone is 1. The van der Waals surface area contributed by atoms with E-state index in [1.807, 2.05) is 20.8 Å². The molecule has 0 saturated carbocycles. The Balaban J connectivity index is 2.85. The zero-order chi connectivity index (χ0) is 15.4. The van der Waals surface area contributed by atoms with E-state index in [0.717, 1.165) is 6.42 Å². The highest BCUT2D eigenvalue weighted by atomic mass is 16.6. The maximum atomic E-state index is 12.1. The van der Waals surface area contributed by atoms with Gasteiger partial charge in [0.2, 0.25) is 0 Å². The van der Waals surface area contributed by atoms with Crippen LogP contribution in [0.4, 0.5) is 4.79 Å². The van der Waals surface area contributed by atoms with Crippen molar-refractivity contribution in [3.05, 3.63) is 12.7 Å². The minimum absolute atomic E-state index is 0.286. The zero-order valence-electron chi connectivity index (χ0n) is 12.9. The predicted molar refractivity (Wildman–Crippen MR) is 76.3 cm³/mol. The van der Waals surface area contributed by atoms with Gasteiger partial charge in [-0.15, -0.1) is 6.58 Å². The van der Waals surface area contributed by atoms with Gasteiger partial charge in [-0.3, -0.25) is 4.79 Å². The van der Waals surface area contributed by atoms with Crippen LogP contribution in [-0.4, -0.2) is 42.8 Å². The molecule has 0 aliphatic carbocycles. The van der Waals surface area contributed by atoms with Crippen molar-refractivity contribution in [2.45, 2.75) is 45.6 Å². The molecule has 1 amide bonds. The SMILES string of the molecule is C=CCC1(C(=O)OC)CCCN(C(=O)OC(C)(C)C)C1. The molecule has 5 heteroatoms. The summed E-state index contributed by atoms with van der Waals surface area (Å²) in [6.45, 7) is 10.1. The Labute approximate surface area is 120 Å². The molecule has 20 heavy (non-hydrogen) atoms. The van der Waals surface area contributed by atoms with E-state index in [4.69, 9.17) is 9.47 Å². The second kappa shape index (κ2) is 6.29. The Morgan fingerprint density at radius 2 is 2.05 bits per heavy atom. The molecule has 0 aromatic carbocycles. The Morgan fingerprint density at radius 1 is 1.40 bits per heavy atom. The number of piperidine rings is 1. The molecule has 114 valence electrons. The lowest BCUT2D eigenvalue weighted by molar-refractivity contribution is -0.155. The van der Waals surface area contributed by atoms with Gasteiger partial charge in [0.1, 0.15) is 5.60 Å². The minimum atomic E-state index is -0.689. The highest BCUT2D eigenvalue weighted by molar-refractivity contribution is 5.79. The van der Waals surface area contributed by atoms with Crippen LogP contribution in [0.25, 0.3) is 0 Å². The Morgan fingerprint density at radius 3 is 2.55 bits per heavy atom. The number of carbonyl (C=O) groups is 2. The Kier molecular flexibility index (Phi) is 5.20. The lowest BCUT2D eigenvalue weighted by Gasteiger charge is -2.40. The molecule has 0 radical (unpaired) electrons. The standard InChI is InChI=1S/C15H25NO4/c1-6-8-15(12(17)19-5)9-7-10-16(11-15)13(18)20-14(2,3)4/h6H,1,7-11H2,2-5H3. The third-order valence-corrected chi connectivity index (χ3v) is 3.38. The number of carbonyl (C=O) groups excluding carboxylic acids is 2. The van der Waals surface area contributed by atoms with Crippen LogP contribution in [0.2, 0.25) is 0 Å². The van der Waals surface area contributed by atoms with Gasteiger partial charge in [-0.05, 0) is 40.0 Å². The molecule has 1 saturated heterocycles. The van der Waals surface area contributed by atoms with Gasteiger partial charge in [0.25, 0.3) is 0 Å². The molecule has 0 aromatic heterocycles. The molecule has 5 nitrogen and oxygen atoms in total. The molecule has 1 unspecified atom stereocenters. The summed E-state index contributed by atoms with van der Waals surface area (Å²) in [5, 5.41) is 0. The molecule has 0 bridgehead atoms. The fourth-order valence-electron chi connectivity index (χ4n) is 2.52. The van der Waals surface area contributed by atoms with Gasteiger partial charge in [-0.25, -0.2) is 4.79 Å². The molecule has 1 atom stereocenters. The number of esters is 1. The Bertz CT molecular complexity index is 386. The van der Waals surface area contributed by atoms with Gasteiger partial charge in [-0.2, -0.15) is 0 Å². The first-order valence-electron chi connectivity index (χ1n) is 6.91. The van der Waals surface area contributed by atoms with Crippen LogP contribution in [0.1, 0.15) is 40.0 Å². The maximum Gasteiger partial charge on any atom is 0.410 e. The first kappa shape index (κ1) is 16.5. The quantitative estimate of drug-likeness (QED) is 0.590. The summed E-state index contributed by atoms with van der Waals surface area (Å²) in [6, 6.07) is 0. The van der Waals surface area contributed by atoms with Crippen LogP contribution in [0.15, 0.2) is 12.7 Å². The van der Waals surface area contributed by atoms with Crippen molar-refractivity contribution in [3.8, 4) is 0 Å². The van der Waals surface area contributed by atoms with E-state index >= 15 is 0 Å². The van der Waals surface area contributed by atoms with Crippen LogP contribution in [0, 0.1) is 5.41 Å². The number of rotatable bonds is 3. The van der Waals surface area contributed by atoms with Crippen molar-refractivity contribution in [2.24, 2.45) is 5.41 Å². The van der Waals surface area contributed by atoms with Crippen LogP contribution >= 0.6 is 0 Å². The zero-order valence-corrected chi connectivity index (χ0v) is 12.9. The van der Waals surface area contributed by atoms with Gasteiger partial charge in [-0.1, -0.05) is 6.08 Å². The first-order chi connectivity index (χ1) is 9.24. The lowest BCUT2D eigenvalue weighted by Crippen LogP contribution is -2.51. The summed E-state index contributed by atoms with van der Waals surface area (Å²) in [4.78, 5) is 25.8. The molecule has 0 N–H and O–H groups in total. The van der Waals surface area contributed by atoms with Crippen LogP contribution in [0.5, 0.6) is 0 Å². The Hall–Kier alpha value is -1.52. The predicted octanol–water partition coefficient (Wildman–Crippen LogP) is 2.75. The molecule has 0 spiro atoms. The molecule has 0 aromatic rings. The van der Waals surface area contributed by atoms with Gasteiger partial charge in [0.05, 0.1) is 12.5 Å². The van der Waals surface area contributed by atoms with Crippen molar-refractivity contribution < 1.29 is 19.1 Å². The van der Waals surface area contributed by atoms with Crippen molar-refractivity contribution in [1.29, 1.82) is 0 Å². The van der Waals surface area contributed by atoms with Gasteiger partial charge >= 0.3 is 12.1 Å². The topological polar surface area (TPSA) is 55.8 Å². The largest absolute Gasteiger partial charge is 0.469 e. The lowest BCUT2D eigenvalue weighted by atomic mass is 9.77. The number of hydrogen-bond acceptors (Lipinski definition) is 4. The molecule has 1 heterocycles. The monoisotopic (exact) mass is 283 g/mol. The van der Waals surface area contributed by atoms with E-state index in [-0.39, 0.29) is 12.1 Å². The van der Waals surface area contributed by atoms with E-state index in [2.05, 4.69) is 6.58 Å². The molecule has 1 rings (SSSR count). The number of likely N-dealkylation sites (tertiary alicyclic amines) is 1. The maximum absolute atomic E-state index is 12.1. The van der Waals surface area contributed by atoms with Crippen LogP contribution in [0.3, 0.4) is 0 Å². The smallest absolute Gasteiger partial charge is 0.410 e. The van der Waals surface area contributed by atoms with E-state index in [1.54, 1.807) is 11.0 Å². The van der Waals surface area contributed by atoms with E-state index < -0.39 is 11.0 Å². The van der Waals surface area contributed by atoms with E-state index in [9.17, 15) is 9.59 Å². The number of ether oxygens (including phenoxy) is 2. The fourth-order valence-corrected chi connectivity index (χ4v) is 2.52. The highest BCUT2D eigenvalue weighted by Gasteiger charge is 2.44. The van der Waals surface area contributed by atoms with Gasteiger partial charge < -0.3 is 14.4 Å². The molecule has 1 fully saturated rings. The first-order valence-corrected chi connectivity index (χ1v) is 6.91. The van der Waals surface area contributed by atoms with Crippen molar-refractivity contribution in [2.75, 3.05) is 20.2 Å². The molecular formula is C15H25NO4. The fraction of sp³-hybridized carbons (Fsp3) is 0.733. The third-order valence-electron chi connectivity index (χ3n) is 3.38. The minimum Gasteiger partial charge on any atom is -0.469 e. The number of methoxy groups -OCH3 is 1. The summed E-state index contributed by atoms with van der Waals surface area (Å²) >= 11 is 0. The second-order valence-corrected chi connectivity index (χ2v) is 6.27. The second-order valence-electron chi connectivity index (χ2n) is 6.27. The number of amides is 1. The number of hydrogen-bond donors (Lipinski definition) is 0.